The van der Waals surface area contributed by atoms with Gasteiger partial charge in [0.2, 0.25) is 0 Å². The number of carbonyl (C=O) groups excluding carboxylic acids is 1. The zero-order chi connectivity index (χ0) is 14.9. The van der Waals surface area contributed by atoms with E-state index in [9.17, 15) is 10.1 Å². The molecule has 0 aliphatic heterocycles. The number of ether oxygens (including phenoxy) is 1. The molecule has 1 unspecified atom stereocenters. The van der Waals surface area contributed by atoms with E-state index in [0.717, 1.165) is 24.8 Å². The maximum atomic E-state index is 11.7. The van der Waals surface area contributed by atoms with Gasteiger partial charge in [-0.25, -0.2) is 4.79 Å². The molecule has 0 aromatic rings. The maximum Gasteiger partial charge on any atom is 0.348 e. The Bertz CT molecular complexity index is 570. The summed E-state index contributed by atoms with van der Waals surface area (Å²) in [6.07, 6.45) is 7.25. The van der Waals surface area contributed by atoms with Gasteiger partial charge in [-0.15, -0.1) is 0 Å². The minimum absolute atomic E-state index is 0.0622. The number of carbonyl (C=O) groups is 1. The lowest BCUT2D eigenvalue weighted by molar-refractivity contribution is -0.135. The van der Waals surface area contributed by atoms with Crippen molar-refractivity contribution in [2.45, 2.75) is 40.0 Å². The van der Waals surface area contributed by atoms with E-state index in [0.29, 0.717) is 5.92 Å². The van der Waals surface area contributed by atoms with Crippen LogP contribution in [0.25, 0.3) is 0 Å². The Labute approximate surface area is 120 Å². The zero-order valence-corrected chi connectivity index (χ0v) is 12.6. The quantitative estimate of drug-likeness (QED) is 0.415. The fourth-order valence-electron chi connectivity index (χ4n) is 3.36. The Morgan fingerprint density at radius 3 is 2.75 bits per heavy atom. The highest BCUT2D eigenvalue weighted by atomic mass is 16.5. The van der Waals surface area contributed by atoms with Crippen molar-refractivity contribution in [3.63, 3.8) is 0 Å². The number of allylic oxidation sites excluding steroid dienone is 5. The number of hydrogen-bond donors (Lipinski definition) is 0. The molecule has 0 N–H and O–H groups in total. The summed E-state index contributed by atoms with van der Waals surface area (Å²) in [6, 6.07) is 2.01. The van der Waals surface area contributed by atoms with E-state index < -0.39 is 5.97 Å². The van der Waals surface area contributed by atoms with Crippen LogP contribution in [0.5, 0.6) is 0 Å². The summed E-state index contributed by atoms with van der Waals surface area (Å²) < 4.78 is 4.72. The van der Waals surface area contributed by atoms with Crippen molar-refractivity contribution < 1.29 is 9.53 Å². The fourth-order valence-corrected chi connectivity index (χ4v) is 3.36. The average Bonchev–Trinajstić information content (AvgIpc) is 2.37. The van der Waals surface area contributed by atoms with Crippen LogP contribution in [0.1, 0.15) is 40.0 Å². The molecule has 2 rings (SSSR count). The first-order chi connectivity index (χ1) is 9.39. The van der Waals surface area contributed by atoms with Crippen molar-refractivity contribution in [1.82, 2.24) is 0 Å². The molecule has 2 aliphatic carbocycles. The van der Waals surface area contributed by atoms with Gasteiger partial charge >= 0.3 is 5.97 Å². The summed E-state index contributed by atoms with van der Waals surface area (Å²) in [6.45, 7) is 6.56. The van der Waals surface area contributed by atoms with Gasteiger partial charge in [0.1, 0.15) is 11.6 Å². The summed E-state index contributed by atoms with van der Waals surface area (Å²) in [5.74, 6) is -0.0300. The van der Waals surface area contributed by atoms with Crippen LogP contribution in [0.4, 0.5) is 0 Å². The second kappa shape index (κ2) is 5.28. The van der Waals surface area contributed by atoms with Crippen LogP contribution in [0, 0.1) is 22.7 Å². The molecule has 1 atom stereocenters. The first-order valence-electron chi connectivity index (χ1n) is 6.99. The lowest BCUT2D eigenvalue weighted by atomic mass is 9.63. The number of methoxy groups -OCH3 is 1. The van der Waals surface area contributed by atoms with Crippen molar-refractivity contribution in [2.24, 2.45) is 11.3 Å². The zero-order valence-electron chi connectivity index (χ0n) is 12.6. The van der Waals surface area contributed by atoms with Crippen LogP contribution in [0.3, 0.4) is 0 Å². The van der Waals surface area contributed by atoms with Gasteiger partial charge in [-0.2, -0.15) is 5.26 Å². The van der Waals surface area contributed by atoms with E-state index in [2.05, 4.69) is 26.8 Å². The van der Waals surface area contributed by atoms with Crippen LogP contribution < -0.4 is 0 Å². The molecule has 0 radical (unpaired) electrons. The highest BCUT2D eigenvalue weighted by Crippen LogP contribution is 2.48. The molecular formula is C17H21NO2. The number of nitrogens with zero attached hydrogens (tertiary/aromatic N) is 1. The van der Waals surface area contributed by atoms with Crippen LogP contribution in [0.15, 0.2) is 34.4 Å². The topological polar surface area (TPSA) is 50.1 Å². The number of esters is 1. The van der Waals surface area contributed by atoms with E-state index in [1.807, 2.05) is 12.1 Å². The molecule has 0 aromatic heterocycles. The van der Waals surface area contributed by atoms with Crippen LogP contribution >= 0.6 is 0 Å². The third kappa shape index (κ3) is 2.56. The Kier molecular flexibility index (Phi) is 3.85. The third-order valence-electron chi connectivity index (χ3n) is 4.40. The maximum absolute atomic E-state index is 11.7. The molecule has 0 heterocycles. The van der Waals surface area contributed by atoms with Crippen molar-refractivity contribution in [3.05, 3.63) is 34.4 Å². The van der Waals surface area contributed by atoms with Gasteiger partial charge < -0.3 is 4.74 Å². The van der Waals surface area contributed by atoms with Gasteiger partial charge in [0, 0.05) is 0 Å². The lowest BCUT2D eigenvalue weighted by Gasteiger charge is -2.42. The number of nitriles is 1. The molecule has 106 valence electrons. The standard InChI is InChI=1S/C17H21NO2/c1-11-5-6-15-12(7-11)8-13(9-17(15,2)3)14(10-18)16(19)20-4/h7-8,15H,5-6,9H2,1-4H3. The van der Waals surface area contributed by atoms with Gasteiger partial charge in [0.25, 0.3) is 0 Å². The first kappa shape index (κ1) is 14.6. The van der Waals surface area contributed by atoms with E-state index in [4.69, 9.17) is 4.74 Å². The first-order valence-corrected chi connectivity index (χ1v) is 6.99. The molecule has 0 aromatic carbocycles. The number of fused-ring (bicyclic) bond motifs is 1. The smallest absolute Gasteiger partial charge is 0.348 e. The normalized spacial score (nSPS) is 26.6. The predicted molar refractivity (Wildman–Crippen MR) is 77.6 cm³/mol. The summed E-state index contributed by atoms with van der Waals surface area (Å²) in [5.41, 5.74) is 3.62. The highest BCUT2D eigenvalue weighted by molar-refractivity contribution is 5.94. The van der Waals surface area contributed by atoms with Crippen molar-refractivity contribution in [2.75, 3.05) is 7.11 Å². The van der Waals surface area contributed by atoms with E-state index >= 15 is 0 Å². The van der Waals surface area contributed by atoms with Crippen molar-refractivity contribution in [3.8, 4) is 6.07 Å². The Morgan fingerprint density at radius 1 is 1.45 bits per heavy atom. The van der Waals surface area contributed by atoms with Crippen molar-refractivity contribution >= 4 is 5.97 Å². The highest BCUT2D eigenvalue weighted by Gasteiger charge is 2.38. The minimum Gasteiger partial charge on any atom is -0.465 e. The monoisotopic (exact) mass is 271 g/mol. The van der Waals surface area contributed by atoms with E-state index in [1.165, 1.54) is 18.3 Å². The molecule has 0 spiro atoms. The second-order valence-corrected chi connectivity index (χ2v) is 6.40. The summed E-state index contributed by atoms with van der Waals surface area (Å²) in [7, 11) is 1.31. The van der Waals surface area contributed by atoms with E-state index in [-0.39, 0.29) is 11.0 Å². The Hall–Kier alpha value is -1.82. The number of rotatable bonds is 1. The van der Waals surface area contributed by atoms with E-state index in [1.54, 1.807) is 0 Å². The largest absolute Gasteiger partial charge is 0.465 e. The molecule has 3 heteroatoms. The molecule has 3 nitrogen and oxygen atoms in total. The molecule has 0 saturated carbocycles. The van der Waals surface area contributed by atoms with Gasteiger partial charge in [-0.05, 0) is 48.7 Å². The predicted octanol–water partition coefficient (Wildman–Crippen LogP) is 3.69. The fraction of sp³-hybridized carbons (Fsp3) is 0.529. The third-order valence-corrected chi connectivity index (χ3v) is 4.40. The lowest BCUT2D eigenvalue weighted by Crippen LogP contribution is -2.31. The Balaban J connectivity index is 2.56. The molecule has 0 saturated heterocycles. The molecule has 0 bridgehead atoms. The van der Waals surface area contributed by atoms with Gasteiger partial charge in [0.15, 0.2) is 0 Å². The molecule has 0 amide bonds. The molecular weight excluding hydrogens is 250 g/mol. The van der Waals surface area contributed by atoms with Crippen LogP contribution in [0.2, 0.25) is 0 Å². The van der Waals surface area contributed by atoms with Crippen LogP contribution in [-0.4, -0.2) is 13.1 Å². The van der Waals surface area contributed by atoms with Crippen molar-refractivity contribution in [1.29, 1.82) is 5.26 Å². The number of hydrogen-bond acceptors (Lipinski definition) is 3. The minimum atomic E-state index is -0.537. The molecule has 0 fully saturated rings. The summed E-state index contributed by atoms with van der Waals surface area (Å²) >= 11 is 0. The van der Waals surface area contributed by atoms with Gasteiger partial charge in [-0.3, -0.25) is 0 Å². The molecule has 20 heavy (non-hydrogen) atoms. The Morgan fingerprint density at radius 2 is 2.15 bits per heavy atom. The summed E-state index contributed by atoms with van der Waals surface area (Å²) in [4.78, 5) is 11.7. The second-order valence-electron chi connectivity index (χ2n) is 6.40. The SMILES string of the molecule is COC(=O)C(C#N)=C1C=C2C=C(C)CCC2C(C)(C)C1. The average molecular weight is 271 g/mol. The van der Waals surface area contributed by atoms with Crippen LogP contribution in [-0.2, 0) is 9.53 Å². The summed E-state index contributed by atoms with van der Waals surface area (Å²) in [5, 5.41) is 9.24. The molecule has 2 aliphatic rings. The van der Waals surface area contributed by atoms with Gasteiger partial charge in [-0.1, -0.05) is 31.6 Å². The van der Waals surface area contributed by atoms with Gasteiger partial charge in [0.05, 0.1) is 7.11 Å².